The molecular formula is C11H9N3S. The molecule has 0 saturated heterocycles. The van der Waals surface area contributed by atoms with Gasteiger partial charge in [0.25, 0.3) is 0 Å². The van der Waals surface area contributed by atoms with E-state index >= 15 is 0 Å². The minimum Gasteiger partial charge on any atom is -0.397 e. The number of thiophene rings is 1. The Labute approximate surface area is 91.8 Å². The zero-order valence-electron chi connectivity index (χ0n) is 7.90. The van der Waals surface area contributed by atoms with Gasteiger partial charge in [0, 0.05) is 0 Å². The van der Waals surface area contributed by atoms with Crippen LogP contribution < -0.4 is 11.1 Å². The van der Waals surface area contributed by atoms with Crippen LogP contribution in [0.1, 0.15) is 5.56 Å². The normalized spacial score (nSPS) is 9.53. The van der Waals surface area contributed by atoms with Gasteiger partial charge in [-0.05, 0) is 35.7 Å². The quantitative estimate of drug-likeness (QED) is 0.757. The predicted octanol–water partition coefficient (Wildman–Crippen LogP) is 2.95. The molecule has 1 aromatic heterocycles. The molecule has 0 unspecified atom stereocenters. The fraction of sp³-hybridized carbons (Fsp3) is 0. The zero-order valence-corrected chi connectivity index (χ0v) is 8.71. The van der Waals surface area contributed by atoms with E-state index in [2.05, 4.69) is 11.4 Å². The average molecular weight is 215 g/mol. The first-order chi connectivity index (χ1) is 7.29. The van der Waals surface area contributed by atoms with Gasteiger partial charge in [0.2, 0.25) is 0 Å². The van der Waals surface area contributed by atoms with Crippen molar-refractivity contribution in [1.82, 2.24) is 0 Å². The lowest BCUT2D eigenvalue weighted by atomic mass is 10.2. The number of nitrogens with one attached hydrogen (secondary N) is 1. The molecule has 0 aliphatic rings. The number of benzene rings is 1. The first-order valence-corrected chi connectivity index (χ1v) is 5.28. The van der Waals surface area contributed by atoms with Gasteiger partial charge >= 0.3 is 0 Å². The summed E-state index contributed by atoms with van der Waals surface area (Å²) < 4.78 is 0. The fourth-order valence-corrected chi connectivity index (χ4v) is 1.85. The van der Waals surface area contributed by atoms with Crippen molar-refractivity contribution in [3.8, 4) is 6.07 Å². The summed E-state index contributed by atoms with van der Waals surface area (Å²) in [7, 11) is 0. The van der Waals surface area contributed by atoms with E-state index in [4.69, 9.17) is 11.0 Å². The van der Waals surface area contributed by atoms with Gasteiger partial charge in [-0.15, -0.1) is 11.3 Å². The largest absolute Gasteiger partial charge is 0.397 e. The average Bonchev–Trinajstić information content (AvgIpc) is 2.74. The molecule has 0 atom stereocenters. The number of nitrogens with zero attached hydrogens (tertiary/aromatic N) is 1. The van der Waals surface area contributed by atoms with Crippen LogP contribution in [0.3, 0.4) is 0 Å². The van der Waals surface area contributed by atoms with Crippen LogP contribution in [-0.4, -0.2) is 0 Å². The van der Waals surface area contributed by atoms with Gasteiger partial charge in [-0.1, -0.05) is 0 Å². The van der Waals surface area contributed by atoms with Crippen LogP contribution in [0.5, 0.6) is 0 Å². The third-order valence-electron chi connectivity index (χ3n) is 1.96. The second kappa shape index (κ2) is 4.03. The van der Waals surface area contributed by atoms with Crippen molar-refractivity contribution in [2.75, 3.05) is 11.1 Å². The highest BCUT2D eigenvalue weighted by Gasteiger charge is 2.01. The van der Waals surface area contributed by atoms with Crippen LogP contribution in [0, 0.1) is 11.3 Å². The first kappa shape index (κ1) is 9.56. The molecule has 0 amide bonds. The van der Waals surface area contributed by atoms with E-state index in [1.54, 1.807) is 29.5 Å². The van der Waals surface area contributed by atoms with E-state index in [-0.39, 0.29) is 0 Å². The number of hydrogen-bond acceptors (Lipinski definition) is 4. The zero-order chi connectivity index (χ0) is 10.7. The molecule has 0 radical (unpaired) electrons. The van der Waals surface area contributed by atoms with E-state index < -0.39 is 0 Å². The number of anilines is 3. The summed E-state index contributed by atoms with van der Waals surface area (Å²) in [6.07, 6.45) is 0. The van der Waals surface area contributed by atoms with Crippen LogP contribution in [0.25, 0.3) is 0 Å². The molecule has 74 valence electrons. The number of nitrogen functional groups attached to an aromatic ring is 1. The van der Waals surface area contributed by atoms with Crippen molar-refractivity contribution >= 4 is 27.7 Å². The maximum Gasteiger partial charge on any atom is 0.0992 e. The standard InChI is InChI=1S/C11H9N3S/c12-7-8-3-4-9(13)10(6-8)14-11-2-1-5-15-11/h1-6,14H,13H2. The summed E-state index contributed by atoms with van der Waals surface area (Å²) in [4.78, 5) is 0. The molecule has 0 aliphatic carbocycles. The Kier molecular flexibility index (Phi) is 2.57. The predicted molar refractivity (Wildman–Crippen MR) is 63.2 cm³/mol. The molecule has 0 spiro atoms. The molecule has 1 aromatic carbocycles. The summed E-state index contributed by atoms with van der Waals surface area (Å²) in [5.41, 5.74) is 7.81. The van der Waals surface area contributed by atoms with Crippen LogP contribution in [0.4, 0.5) is 16.4 Å². The lowest BCUT2D eigenvalue weighted by Gasteiger charge is -2.07. The van der Waals surface area contributed by atoms with Crippen LogP contribution in [-0.2, 0) is 0 Å². The van der Waals surface area contributed by atoms with Crippen LogP contribution in [0.2, 0.25) is 0 Å². The molecule has 0 bridgehead atoms. The first-order valence-electron chi connectivity index (χ1n) is 4.40. The fourth-order valence-electron chi connectivity index (χ4n) is 1.22. The molecule has 0 aliphatic heterocycles. The van der Waals surface area contributed by atoms with Crippen LogP contribution in [0.15, 0.2) is 35.7 Å². The number of nitriles is 1. The number of nitrogens with two attached hydrogens (primary N) is 1. The minimum atomic E-state index is 0.600. The number of rotatable bonds is 2. The second-order valence-electron chi connectivity index (χ2n) is 3.02. The highest BCUT2D eigenvalue weighted by atomic mass is 32.1. The smallest absolute Gasteiger partial charge is 0.0992 e. The monoisotopic (exact) mass is 215 g/mol. The summed E-state index contributed by atoms with van der Waals surface area (Å²) >= 11 is 1.59. The van der Waals surface area contributed by atoms with Gasteiger partial charge in [0.1, 0.15) is 0 Å². The third kappa shape index (κ3) is 2.09. The van der Waals surface area contributed by atoms with Gasteiger partial charge in [-0.25, -0.2) is 0 Å². The Hall–Kier alpha value is -1.99. The Bertz CT molecular complexity index is 497. The topological polar surface area (TPSA) is 61.8 Å². The number of hydrogen-bond donors (Lipinski definition) is 2. The van der Waals surface area contributed by atoms with Crippen molar-refractivity contribution in [1.29, 1.82) is 5.26 Å². The summed E-state index contributed by atoms with van der Waals surface area (Å²) in [6.45, 7) is 0. The Morgan fingerprint density at radius 1 is 1.33 bits per heavy atom. The van der Waals surface area contributed by atoms with Crippen molar-refractivity contribution in [3.63, 3.8) is 0 Å². The minimum absolute atomic E-state index is 0.600. The maximum absolute atomic E-state index is 8.76. The maximum atomic E-state index is 8.76. The molecular weight excluding hydrogens is 206 g/mol. The van der Waals surface area contributed by atoms with E-state index in [1.165, 1.54) is 0 Å². The molecule has 3 nitrogen and oxygen atoms in total. The van der Waals surface area contributed by atoms with Gasteiger partial charge < -0.3 is 11.1 Å². The molecule has 0 fully saturated rings. The van der Waals surface area contributed by atoms with Gasteiger partial charge in [0.05, 0.1) is 28.0 Å². The van der Waals surface area contributed by atoms with Gasteiger partial charge in [0.15, 0.2) is 0 Å². The molecule has 1 heterocycles. The Balaban J connectivity index is 2.32. The Morgan fingerprint density at radius 2 is 2.20 bits per heavy atom. The Morgan fingerprint density at radius 3 is 2.87 bits per heavy atom. The highest BCUT2D eigenvalue weighted by Crippen LogP contribution is 2.26. The third-order valence-corrected chi connectivity index (χ3v) is 2.75. The molecule has 3 N–H and O–H groups in total. The van der Waals surface area contributed by atoms with Crippen molar-refractivity contribution in [2.24, 2.45) is 0 Å². The summed E-state index contributed by atoms with van der Waals surface area (Å²) in [5, 5.41) is 14.9. The summed E-state index contributed by atoms with van der Waals surface area (Å²) in [5.74, 6) is 0. The lowest BCUT2D eigenvalue weighted by Crippen LogP contribution is -1.95. The van der Waals surface area contributed by atoms with Crippen LogP contribution >= 0.6 is 11.3 Å². The van der Waals surface area contributed by atoms with Gasteiger partial charge in [-0.2, -0.15) is 5.26 Å². The van der Waals surface area contributed by atoms with E-state index in [1.807, 2.05) is 17.5 Å². The lowest BCUT2D eigenvalue weighted by molar-refractivity contribution is 1.48. The van der Waals surface area contributed by atoms with E-state index in [9.17, 15) is 0 Å². The van der Waals surface area contributed by atoms with Gasteiger partial charge in [-0.3, -0.25) is 0 Å². The molecule has 4 heteroatoms. The van der Waals surface area contributed by atoms with E-state index in [0.717, 1.165) is 10.7 Å². The van der Waals surface area contributed by atoms with Crippen molar-refractivity contribution < 1.29 is 0 Å². The molecule has 2 aromatic rings. The van der Waals surface area contributed by atoms with Crippen molar-refractivity contribution in [2.45, 2.75) is 0 Å². The highest BCUT2D eigenvalue weighted by molar-refractivity contribution is 7.14. The molecule has 2 rings (SSSR count). The molecule has 15 heavy (non-hydrogen) atoms. The second-order valence-corrected chi connectivity index (χ2v) is 3.96. The van der Waals surface area contributed by atoms with Crippen molar-refractivity contribution in [3.05, 3.63) is 41.3 Å². The SMILES string of the molecule is N#Cc1ccc(N)c(Nc2cccs2)c1. The molecule has 0 saturated carbocycles. The van der Waals surface area contributed by atoms with E-state index in [0.29, 0.717) is 11.3 Å². The summed E-state index contributed by atoms with van der Waals surface area (Å²) in [6, 6.07) is 11.2.